The van der Waals surface area contributed by atoms with E-state index in [1.54, 1.807) is 9.80 Å². The van der Waals surface area contributed by atoms with Gasteiger partial charge in [0.25, 0.3) is 0 Å². The zero-order valence-corrected chi connectivity index (χ0v) is 10.5. The fraction of sp³-hybridized carbons (Fsp3) is 0.833. The van der Waals surface area contributed by atoms with Crippen LogP contribution in [0.4, 0.5) is 0 Å². The Balaban J connectivity index is 1.81. The molecule has 96 valence electrons. The number of hydrogen-bond donors (Lipinski definition) is 0. The highest BCUT2D eigenvalue weighted by atomic mass is 16.6. The van der Waals surface area contributed by atoms with Crippen LogP contribution < -0.4 is 0 Å². The summed E-state index contributed by atoms with van der Waals surface area (Å²) in [6.07, 6.45) is 0.760. The number of carbonyl (C=O) groups excluding carboxylic acids is 2. The molecule has 5 nitrogen and oxygen atoms in total. The SMILES string of the molecule is CC(C)CC(=O)N1CCN(CC2CO2)C(=O)C1. The third-order valence-corrected chi connectivity index (χ3v) is 3.08. The first-order chi connectivity index (χ1) is 8.06. The normalized spacial score (nSPS) is 24.4. The van der Waals surface area contributed by atoms with Gasteiger partial charge in [-0.15, -0.1) is 0 Å². The molecule has 2 saturated heterocycles. The van der Waals surface area contributed by atoms with Crippen LogP contribution in [0, 0.1) is 5.92 Å². The molecule has 2 aliphatic heterocycles. The minimum Gasteiger partial charge on any atom is -0.371 e. The highest BCUT2D eigenvalue weighted by Crippen LogP contribution is 2.14. The molecule has 0 saturated carbocycles. The van der Waals surface area contributed by atoms with Gasteiger partial charge in [-0.1, -0.05) is 13.8 Å². The second-order valence-corrected chi connectivity index (χ2v) is 5.21. The van der Waals surface area contributed by atoms with Gasteiger partial charge in [0.05, 0.1) is 19.3 Å². The van der Waals surface area contributed by atoms with E-state index in [1.807, 2.05) is 13.8 Å². The highest BCUT2D eigenvalue weighted by molar-refractivity contribution is 5.86. The summed E-state index contributed by atoms with van der Waals surface area (Å²) in [5.74, 6) is 0.482. The Morgan fingerprint density at radius 2 is 2.18 bits per heavy atom. The van der Waals surface area contributed by atoms with Gasteiger partial charge in [0.2, 0.25) is 11.8 Å². The van der Waals surface area contributed by atoms with Crippen LogP contribution in [0.3, 0.4) is 0 Å². The molecule has 0 aromatic carbocycles. The van der Waals surface area contributed by atoms with E-state index in [9.17, 15) is 9.59 Å². The Kier molecular flexibility index (Phi) is 3.66. The van der Waals surface area contributed by atoms with Crippen LogP contribution in [0.25, 0.3) is 0 Å². The number of hydrogen-bond acceptors (Lipinski definition) is 3. The minimum absolute atomic E-state index is 0.0452. The monoisotopic (exact) mass is 240 g/mol. The molecule has 0 aromatic rings. The molecule has 5 heteroatoms. The molecule has 0 aromatic heterocycles. The van der Waals surface area contributed by atoms with Gasteiger partial charge in [-0.25, -0.2) is 0 Å². The maximum absolute atomic E-state index is 11.8. The Morgan fingerprint density at radius 3 is 2.71 bits per heavy atom. The number of carbonyl (C=O) groups is 2. The van der Waals surface area contributed by atoms with Crippen molar-refractivity contribution in [3.8, 4) is 0 Å². The number of rotatable bonds is 4. The molecule has 2 rings (SSSR count). The van der Waals surface area contributed by atoms with Gasteiger partial charge in [0.15, 0.2) is 0 Å². The summed E-state index contributed by atoms with van der Waals surface area (Å²) in [4.78, 5) is 27.1. The van der Waals surface area contributed by atoms with Crippen LogP contribution >= 0.6 is 0 Å². The van der Waals surface area contributed by atoms with Crippen molar-refractivity contribution in [2.45, 2.75) is 26.4 Å². The van der Waals surface area contributed by atoms with E-state index in [4.69, 9.17) is 4.74 Å². The second-order valence-electron chi connectivity index (χ2n) is 5.21. The van der Waals surface area contributed by atoms with Crippen LogP contribution in [-0.4, -0.2) is 60.5 Å². The van der Waals surface area contributed by atoms with Crippen LogP contribution in [0.2, 0.25) is 0 Å². The van der Waals surface area contributed by atoms with Gasteiger partial charge in [-0.3, -0.25) is 9.59 Å². The Hall–Kier alpha value is -1.10. The Morgan fingerprint density at radius 1 is 1.47 bits per heavy atom. The molecule has 0 N–H and O–H groups in total. The lowest BCUT2D eigenvalue weighted by Gasteiger charge is -2.34. The standard InChI is InChI=1S/C12H20N2O3/c1-9(2)5-11(15)14-4-3-13(12(16)7-14)6-10-8-17-10/h9-10H,3-8H2,1-2H3. The van der Waals surface area contributed by atoms with Gasteiger partial charge >= 0.3 is 0 Å². The van der Waals surface area contributed by atoms with E-state index in [0.29, 0.717) is 32.0 Å². The van der Waals surface area contributed by atoms with Crippen molar-refractivity contribution in [2.24, 2.45) is 5.92 Å². The Bertz CT molecular complexity index is 313. The van der Waals surface area contributed by atoms with E-state index in [1.165, 1.54) is 0 Å². The highest BCUT2D eigenvalue weighted by Gasteiger charge is 2.32. The first-order valence-corrected chi connectivity index (χ1v) is 6.23. The molecular formula is C12H20N2O3. The zero-order chi connectivity index (χ0) is 12.4. The summed E-state index contributed by atoms with van der Waals surface area (Å²) in [5.41, 5.74) is 0. The Labute approximate surface area is 102 Å². The molecule has 1 atom stereocenters. The van der Waals surface area contributed by atoms with Crippen LogP contribution in [0.5, 0.6) is 0 Å². The van der Waals surface area contributed by atoms with Crippen LogP contribution in [-0.2, 0) is 14.3 Å². The number of amides is 2. The summed E-state index contributed by atoms with van der Waals surface area (Å²) in [6.45, 7) is 7.01. The number of piperazine rings is 1. The van der Waals surface area contributed by atoms with Crippen molar-refractivity contribution in [1.82, 2.24) is 9.80 Å². The largest absolute Gasteiger partial charge is 0.371 e. The van der Waals surface area contributed by atoms with E-state index < -0.39 is 0 Å². The molecule has 0 spiro atoms. The van der Waals surface area contributed by atoms with E-state index in [0.717, 1.165) is 6.61 Å². The predicted molar refractivity (Wildman–Crippen MR) is 62.4 cm³/mol. The zero-order valence-electron chi connectivity index (χ0n) is 10.5. The molecule has 2 heterocycles. The average molecular weight is 240 g/mol. The average Bonchev–Trinajstić information content (AvgIpc) is 3.04. The van der Waals surface area contributed by atoms with Crippen molar-refractivity contribution < 1.29 is 14.3 Å². The molecule has 17 heavy (non-hydrogen) atoms. The smallest absolute Gasteiger partial charge is 0.242 e. The molecule has 0 aliphatic carbocycles. The summed E-state index contributed by atoms with van der Waals surface area (Å²) < 4.78 is 5.11. The summed E-state index contributed by atoms with van der Waals surface area (Å²) >= 11 is 0. The maximum atomic E-state index is 11.8. The molecule has 2 amide bonds. The minimum atomic E-state index is 0.0452. The third kappa shape index (κ3) is 3.43. The molecule has 2 aliphatic rings. The molecule has 0 bridgehead atoms. The van der Waals surface area contributed by atoms with Gasteiger partial charge in [-0.2, -0.15) is 0 Å². The second kappa shape index (κ2) is 5.04. The summed E-state index contributed by atoms with van der Waals surface area (Å²) in [5, 5.41) is 0. The fourth-order valence-corrected chi connectivity index (χ4v) is 2.01. The van der Waals surface area contributed by atoms with E-state index in [2.05, 4.69) is 0 Å². The van der Waals surface area contributed by atoms with Gasteiger partial charge in [0.1, 0.15) is 0 Å². The first-order valence-electron chi connectivity index (χ1n) is 6.23. The van der Waals surface area contributed by atoms with Crippen molar-refractivity contribution >= 4 is 11.8 Å². The number of epoxide rings is 1. The molecule has 0 radical (unpaired) electrons. The number of nitrogens with zero attached hydrogens (tertiary/aromatic N) is 2. The molecular weight excluding hydrogens is 220 g/mol. The first kappa shape index (κ1) is 12.4. The summed E-state index contributed by atoms with van der Waals surface area (Å²) in [7, 11) is 0. The fourth-order valence-electron chi connectivity index (χ4n) is 2.01. The van der Waals surface area contributed by atoms with Crippen LogP contribution in [0.1, 0.15) is 20.3 Å². The lowest BCUT2D eigenvalue weighted by Crippen LogP contribution is -2.53. The topological polar surface area (TPSA) is 53.2 Å². The quantitative estimate of drug-likeness (QED) is 0.655. The van der Waals surface area contributed by atoms with Crippen molar-refractivity contribution in [2.75, 3.05) is 32.8 Å². The lowest BCUT2D eigenvalue weighted by molar-refractivity contribution is -0.145. The van der Waals surface area contributed by atoms with Gasteiger partial charge in [0, 0.05) is 26.1 Å². The van der Waals surface area contributed by atoms with Gasteiger partial charge < -0.3 is 14.5 Å². The van der Waals surface area contributed by atoms with Crippen LogP contribution in [0.15, 0.2) is 0 Å². The van der Waals surface area contributed by atoms with Crippen molar-refractivity contribution in [1.29, 1.82) is 0 Å². The van der Waals surface area contributed by atoms with Gasteiger partial charge in [-0.05, 0) is 5.92 Å². The van der Waals surface area contributed by atoms with E-state index >= 15 is 0 Å². The lowest BCUT2D eigenvalue weighted by atomic mass is 10.1. The predicted octanol–water partition coefficient (Wildman–Crippen LogP) is 0.102. The van der Waals surface area contributed by atoms with Crippen molar-refractivity contribution in [3.05, 3.63) is 0 Å². The third-order valence-electron chi connectivity index (χ3n) is 3.08. The number of ether oxygens (including phenoxy) is 1. The summed E-state index contributed by atoms with van der Waals surface area (Å²) in [6, 6.07) is 0. The van der Waals surface area contributed by atoms with Crippen molar-refractivity contribution in [3.63, 3.8) is 0 Å². The molecule has 1 unspecified atom stereocenters. The molecule has 2 fully saturated rings. The van der Waals surface area contributed by atoms with E-state index in [-0.39, 0.29) is 24.5 Å². The maximum Gasteiger partial charge on any atom is 0.242 e.